The molecular formula is C23H42Cl2N2O. The van der Waals surface area contributed by atoms with Crippen molar-refractivity contribution in [3.63, 3.8) is 0 Å². The van der Waals surface area contributed by atoms with Gasteiger partial charge in [-0.05, 0) is 34.4 Å². The Balaban J connectivity index is 0.00000364. The van der Waals surface area contributed by atoms with E-state index in [2.05, 4.69) is 70.8 Å². The van der Waals surface area contributed by atoms with E-state index in [0.717, 1.165) is 43.7 Å². The Morgan fingerprint density at radius 3 is 2.04 bits per heavy atom. The number of halogens is 2. The van der Waals surface area contributed by atoms with Gasteiger partial charge in [-0.3, -0.25) is 4.90 Å². The maximum absolute atomic E-state index is 11.3. The van der Waals surface area contributed by atoms with Crippen LogP contribution in [0.2, 0.25) is 0 Å². The van der Waals surface area contributed by atoms with Gasteiger partial charge in [-0.2, -0.15) is 0 Å². The van der Waals surface area contributed by atoms with Crippen LogP contribution in [0.3, 0.4) is 0 Å². The summed E-state index contributed by atoms with van der Waals surface area (Å²) in [5.74, 6) is 0.519. The predicted octanol–water partition coefficient (Wildman–Crippen LogP) is 5.97. The lowest BCUT2D eigenvalue weighted by Gasteiger charge is -2.37. The Morgan fingerprint density at radius 1 is 1.00 bits per heavy atom. The number of phenols is 1. The highest BCUT2D eigenvalue weighted by molar-refractivity contribution is 5.85. The number of hydrogen-bond acceptors (Lipinski definition) is 3. The third-order valence-corrected chi connectivity index (χ3v) is 5.60. The van der Waals surface area contributed by atoms with Crippen molar-refractivity contribution in [2.75, 3.05) is 26.2 Å². The van der Waals surface area contributed by atoms with Gasteiger partial charge in [0.25, 0.3) is 0 Å². The fourth-order valence-electron chi connectivity index (χ4n) is 3.84. The molecule has 1 aliphatic rings. The minimum absolute atomic E-state index is 0. The zero-order valence-electron chi connectivity index (χ0n) is 18.9. The molecule has 1 aromatic carbocycles. The molecule has 0 aromatic heterocycles. The van der Waals surface area contributed by atoms with Crippen molar-refractivity contribution < 1.29 is 5.11 Å². The minimum atomic E-state index is -0.0706. The molecule has 0 aliphatic carbocycles. The molecule has 1 atom stereocenters. The molecule has 0 spiro atoms. The van der Waals surface area contributed by atoms with Crippen LogP contribution in [-0.4, -0.2) is 36.2 Å². The van der Waals surface area contributed by atoms with Crippen LogP contribution in [0.15, 0.2) is 12.1 Å². The van der Waals surface area contributed by atoms with Gasteiger partial charge in [0.1, 0.15) is 5.75 Å². The van der Waals surface area contributed by atoms with Crippen molar-refractivity contribution in [1.82, 2.24) is 10.2 Å². The highest BCUT2D eigenvalue weighted by Crippen LogP contribution is 2.42. The van der Waals surface area contributed by atoms with Gasteiger partial charge in [-0.25, -0.2) is 0 Å². The van der Waals surface area contributed by atoms with E-state index in [-0.39, 0.29) is 35.6 Å². The van der Waals surface area contributed by atoms with E-state index in [1.54, 1.807) is 0 Å². The molecule has 0 saturated carbocycles. The normalized spacial score (nSPS) is 16.8. The third-order valence-electron chi connectivity index (χ3n) is 5.60. The van der Waals surface area contributed by atoms with Crippen LogP contribution >= 0.6 is 24.8 Å². The third kappa shape index (κ3) is 6.79. The fourth-order valence-corrected chi connectivity index (χ4v) is 3.84. The van der Waals surface area contributed by atoms with Crippen LogP contribution < -0.4 is 5.32 Å². The molecule has 1 aliphatic heterocycles. The lowest BCUT2D eigenvalue weighted by atomic mass is 9.77. The van der Waals surface area contributed by atoms with Crippen molar-refractivity contribution in [1.29, 1.82) is 0 Å². The summed E-state index contributed by atoms with van der Waals surface area (Å²) in [5, 5.41) is 14.7. The lowest BCUT2D eigenvalue weighted by Crippen LogP contribution is -2.45. The van der Waals surface area contributed by atoms with Crippen molar-refractivity contribution in [3.8, 4) is 5.75 Å². The monoisotopic (exact) mass is 432 g/mol. The topological polar surface area (TPSA) is 35.5 Å². The van der Waals surface area contributed by atoms with Crippen LogP contribution in [0, 0.1) is 0 Å². The summed E-state index contributed by atoms with van der Waals surface area (Å²) >= 11 is 0. The molecule has 3 nitrogen and oxygen atoms in total. The fraction of sp³-hybridized carbons (Fsp3) is 0.739. The molecule has 0 unspecified atom stereocenters. The standard InChI is InChI=1S/C23H40N2O.2ClH/c1-8-9-10-20(25-13-11-24-12-14-25)18-15-17(22(2,3)4)16-19(21(18)26)23(5,6)7;;/h15-16,20,24,26H,8-14H2,1-7H3;2*1H/t20-;;/m0../s1. The van der Waals surface area contributed by atoms with Gasteiger partial charge in [0, 0.05) is 37.8 Å². The van der Waals surface area contributed by atoms with Gasteiger partial charge in [-0.15, -0.1) is 24.8 Å². The Hall–Kier alpha value is -0.480. The number of benzene rings is 1. The molecule has 1 fully saturated rings. The summed E-state index contributed by atoms with van der Waals surface area (Å²) < 4.78 is 0. The van der Waals surface area contributed by atoms with E-state index in [4.69, 9.17) is 0 Å². The van der Waals surface area contributed by atoms with Crippen LogP contribution in [0.1, 0.15) is 90.5 Å². The smallest absolute Gasteiger partial charge is 0.124 e. The lowest BCUT2D eigenvalue weighted by molar-refractivity contribution is 0.160. The second-order valence-corrected chi connectivity index (χ2v) is 9.91. The predicted molar refractivity (Wildman–Crippen MR) is 127 cm³/mol. The number of rotatable bonds is 5. The van der Waals surface area contributed by atoms with Gasteiger partial charge in [0.2, 0.25) is 0 Å². The molecule has 0 bridgehead atoms. The Kier molecular flexibility index (Phi) is 10.9. The summed E-state index contributed by atoms with van der Waals surface area (Å²) in [6, 6.07) is 4.82. The Morgan fingerprint density at radius 2 is 1.57 bits per heavy atom. The van der Waals surface area contributed by atoms with Crippen molar-refractivity contribution >= 4 is 24.8 Å². The number of aromatic hydroxyl groups is 1. The molecule has 1 aromatic rings. The van der Waals surface area contributed by atoms with Gasteiger partial charge in [-0.1, -0.05) is 67.4 Å². The molecule has 5 heteroatoms. The number of unbranched alkanes of at least 4 members (excludes halogenated alkanes) is 1. The first-order valence-corrected chi connectivity index (χ1v) is 10.4. The summed E-state index contributed by atoms with van der Waals surface area (Å²) in [4.78, 5) is 2.57. The molecule has 2 N–H and O–H groups in total. The average molecular weight is 434 g/mol. The molecule has 0 amide bonds. The number of phenolic OH excluding ortho intramolecular Hbond substituents is 1. The van der Waals surface area contributed by atoms with Crippen LogP contribution in [0.25, 0.3) is 0 Å². The molecular weight excluding hydrogens is 391 g/mol. The van der Waals surface area contributed by atoms with E-state index >= 15 is 0 Å². The highest BCUT2D eigenvalue weighted by atomic mass is 35.5. The second kappa shape index (κ2) is 11.1. The first-order chi connectivity index (χ1) is 12.1. The Labute approximate surface area is 185 Å². The van der Waals surface area contributed by atoms with E-state index in [0.29, 0.717) is 11.8 Å². The molecule has 1 heterocycles. The summed E-state index contributed by atoms with van der Waals surface area (Å²) in [7, 11) is 0. The van der Waals surface area contributed by atoms with Crippen molar-refractivity contribution in [2.45, 2.75) is 84.6 Å². The molecule has 0 radical (unpaired) electrons. The zero-order chi connectivity index (χ0) is 19.5. The molecule has 1 saturated heterocycles. The number of nitrogens with one attached hydrogen (secondary N) is 1. The summed E-state index contributed by atoms with van der Waals surface area (Å²) in [6.45, 7) is 19.8. The van der Waals surface area contributed by atoms with Gasteiger partial charge < -0.3 is 10.4 Å². The number of hydrogen-bond donors (Lipinski definition) is 2. The average Bonchev–Trinajstić information content (AvgIpc) is 2.55. The van der Waals surface area contributed by atoms with Crippen LogP contribution in [0.5, 0.6) is 5.75 Å². The minimum Gasteiger partial charge on any atom is -0.507 e. The highest BCUT2D eigenvalue weighted by Gasteiger charge is 2.30. The molecule has 2 rings (SSSR count). The van der Waals surface area contributed by atoms with Crippen molar-refractivity contribution in [3.05, 3.63) is 28.8 Å². The maximum Gasteiger partial charge on any atom is 0.124 e. The first kappa shape index (κ1) is 27.5. The van der Waals surface area contributed by atoms with E-state index in [1.165, 1.54) is 18.4 Å². The number of piperazine rings is 1. The first-order valence-electron chi connectivity index (χ1n) is 10.4. The van der Waals surface area contributed by atoms with E-state index in [1.807, 2.05) is 0 Å². The number of nitrogens with zero attached hydrogens (tertiary/aromatic N) is 1. The van der Waals surface area contributed by atoms with Gasteiger partial charge in [0.15, 0.2) is 0 Å². The van der Waals surface area contributed by atoms with Gasteiger partial charge >= 0.3 is 0 Å². The summed E-state index contributed by atoms with van der Waals surface area (Å²) in [5.41, 5.74) is 3.54. The molecule has 28 heavy (non-hydrogen) atoms. The largest absolute Gasteiger partial charge is 0.507 e. The van der Waals surface area contributed by atoms with E-state index in [9.17, 15) is 5.11 Å². The Bertz CT molecular complexity index is 600. The van der Waals surface area contributed by atoms with Crippen LogP contribution in [-0.2, 0) is 10.8 Å². The summed E-state index contributed by atoms with van der Waals surface area (Å²) in [6.07, 6.45) is 3.49. The van der Waals surface area contributed by atoms with Gasteiger partial charge in [0.05, 0.1) is 0 Å². The van der Waals surface area contributed by atoms with Crippen LogP contribution in [0.4, 0.5) is 0 Å². The van der Waals surface area contributed by atoms with Crippen molar-refractivity contribution in [2.24, 2.45) is 0 Å². The van der Waals surface area contributed by atoms with E-state index < -0.39 is 0 Å². The zero-order valence-corrected chi connectivity index (χ0v) is 20.5. The quantitative estimate of drug-likeness (QED) is 0.601. The second-order valence-electron chi connectivity index (χ2n) is 9.91. The maximum atomic E-state index is 11.3. The molecule has 164 valence electrons. The SMILES string of the molecule is CCCC[C@@H](c1cc(C(C)(C)C)cc(C(C)(C)C)c1O)N1CCNCC1.Cl.Cl.